The van der Waals surface area contributed by atoms with Crippen molar-refractivity contribution >= 4 is 28.1 Å². The van der Waals surface area contributed by atoms with E-state index in [9.17, 15) is 4.79 Å². The summed E-state index contributed by atoms with van der Waals surface area (Å²) in [5.74, 6) is 0. The Kier molecular flexibility index (Phi) is 8.59. The molecule has 1 aromatic carbocycles. The van der Waals surface area contributed by atoms with Crippen LogP contribution in [0.4, 0.5) is 5.69 Å². The minimum Gasteiger partial charge on any atom is -0.384 e. The van der Waals surface area contributed by atoms with Gasteiger partial charge in [0.05, 0.1) is 5.52 Å². The summed E-state index contributed by atoms with van der Waals surface area (Å²) in [4.78, 5) is 23.0. The lowest BCUT2D eigenvalue weighted by Gasteiger charge is -2.21. The zero-order chi connectivity index (χ0) is 23.9. The SMILES string of the molecule is CCn1s/c(=N/CCCCCCCNc2c3c(nc4ccccc24)CCCC3)n(C(C)C)c1=O. The highest BCUT2D eigenvalue weighted by atomic mass is 32.1. The number of hydrogen-bond donors (Lipinski definition) is 1. The van der Waals surface area contributed by atoms with Crippen molar-refractivity contribution in [1.82, 2.24) is 13.5 Å². The maximum absolute atomic E-state index is 12.4. The van der Waals surface area contributed by atoms with Crippen molar-refractivity contribution in [2.24, 2.45) is 4.99 Å². The first-order chi connectivity index (χ1) is 16.6. The number of rotatable bonds is 11. The van der Waals surface area contributed by atoms with E-state index in [0.717, 1.165) is 42.7 Å². The number of fused-ring (bicyclic) bond motifs is 2. The molecule has 6 nitrogen and oxygen atoms in total. The minimum atomic E-state index is 0.0667. The smallest absolute Gasteiger partial charge is 0.340 e. The van der Waals surface area contributed by atoms with E-state index in [1.54, 1.807) is 3.96 Å². The lowest BCUT2D eigenvalue weighted by molar-refractivity contribution is 0.536. The average molecular weight is 482 g/mol. The Balaban J connectivity index is 1.24. The van der Waals surface area contributed by atoms with Crippen LogP contribution in [0.2, 0.25) is 0 Å². The van der Waals surface area contributed by atoms with Gasteiger partial charge in [0, 0.05) is 42.4 Å². The normalized spacial score (nSPS) is 14.2. The Morgan fingerprint density at radius 3 is 2.68 bits per heavy atom. The summed E-state index contributed by atoms with van der Waals surface area (Å²) in [6.45, 7) is 8.62. The maximum Gasteiger partial charge on any atom is 0.340 e. The molecule has 34 heavy (non-hydrogen) atoms. The molecule has 1 aliphatic carbocycles. The van der Waals surface area contributed by atoms with Crippen LogP contribution in [0, 0.1) is 0 Å². The Labute approximate surface area is 206 Å². The average Bonchev–Trinajstić information content (AvgIpc) is 3.17. The molecule has 0 saturated carbocycles. The molecule has 0 saturated heterocycles. The van der Waals surface area contributed by atoms with Crippen LogP contribution in [0.5, 0.6) is 0 Å². The van der Waals surface area contributed by atoms with Gasteiger partial charge in [-0.2, -0.15) is 0 Å². The summed E-state index contributed by atoms with van der Waals surface area (Å²) in [6.07, 6.45) is 10.7. The second kappa shape index (κ2) is 11.8. The Hall–Kier alpha value is -2.41. The van der Waals surface area contributed by atoms with Crippen LogP contribution < -0.4 is 15.8 Å². The molecule has 0 amide bonds. The molecule has 0 unspecified atom stereocenters. The summed E-state index contributed by atoms with van der Waals surface area (Å²) in [7, 11) is 0. The molecule has 0 aliphatic heterocycles. The predicted octanol–water partition coefficient (Wildman–Crippen LogP) is 5.70. The monoisotopic (exact) mass is 481 g/mol. The van der Waals surface area contributed by atoms with E-state index in [2.05, 4.69) is 29.6 Å². The van der Waals surface area contributed by atoms with E-state index in [0.29, 0.717) is 6.54 Å². The second-order valence-electron chi connectivity index (χ2n) is 9.53. The third-order valence-electron chi connectivity index (χ3n) is 6.67. The van der Waals surface area contributed by atoms with Gasteiger partial charge in [0.1, 0.15) is 0 Å². The first-order valence-corrected chi connectivity index (χ1v) is 13.8. The maximum atomic E-state index is 12.4. The van der Waals surface area contributed by atoms with Gasteiger partial charge in [-0.1, -0.05) is 37.5 Å². The minimum absolute atomic E-state index is 0.0667. The van der Waals surface area contributed by atoms with Crippen molar-refractivity contribution in [3.05, 3.63) is 50.8 Å². The molecule has 184 valence electrons. The standard InChI is InChI=1S/C27H39N5OS/c1-4-31-27(33)32(20(2)3)26(34-31)29-19-13-7-5-6-12-18-28-25-21-14-8-10-16-23(21)30-24-17-11-9-15-22(24)25/h8,10,14,16,20H,4-7,9,11-13,15,17-19H2,1-3H3,(H,28,30)/b29-26+. The number of para-hydroxylation sites is 1. The van der Waals surface area contributed by atoms with Gasteiger partial charge >= 0.3 is 5.69 Å². The number of unbranched alkanes of at least 4 members (excludes halogenated alkanes) is 4. The molecule has 1 aliphatic rings. The van der Waals surface area contributed by atoms with Gasteiger partial charge in [0.25, 0.3) is 0 Å². The van der Waals surface area contributed by atoms with Crippen LogP contribution in [-0.4, -0.2) is 26.6 Å². The summed E-state index contributed by atoms with van der Waals surface area (Å²) in [5.41, 5.74) is 5.26. The molecule has 3 aromatic rings. The van der Waals surface area contributed by atoms with E-state index in [1.165, 1.54) is 72.4 Å². The van der Waals surface area contributed by atoms with Crippen LogP contribution in [0.25, 0.3) is 10.9 Å². The molecular formula is C27H39N5OS. The van der Waals surface area contributed by atoms with E-state index >= 15 is 0 Å². The predicted molar refractivity (Wildman–Crippen MR) is 143 cm³/mol. The van der Waals surface area contributed by atoms with Gasteiger partial charge in [0.15, 0.2) is 0 Å². The number of pyridine rings is 1. The van der Waals surface area contributed by atoms with Crippen molar-refractivity contribution in [2.75, 3.05) is 18.4 Å². The van der Waals surface area contributed by atoms with Crippen molar-refractivity contribution in [3.8, 4) is 0 Å². The number of nitrogens with zero attached hydrogens (tertiary/aromatic N) is 4. The summed E-state index contributed by atoms with van der Waals surface area (Å²) >= 11 is 1.49. The number of benzene rings is 1. The third-order valence-corrected chi connectivity index (χ3v) is 7.80. The van der Waals surface area contributed by atoms with E-state index in [-0.39, 0.29) is 11.7 Å². The molecule has 1 N–H and O–H groups in total. The molecule has 0 spiro atoms. The van der Waals surface area contributed by atoms with Crippen molar-refractivity contribution < 1.29 is 0 Å². The van der Waals surface area contributed by atoms with E-state index in [1.807, 2.05) is 25.3 Å². The van der Waals surface area contributed by atoms with Crippen LogP contribution in [-0.2, 0) is 19.4 Å². The molecular weight excluding hydrogens is 442 g/mol. The van der Waals surface area contributed by atoms with Gasteiger partial charge in [-0.05, 0) is 82.5 Å². The Morgan fingerprint density at radius 1 is 1.09 bits per heavy atom. The van der Waals surface area contributed by atoms with Crippen molar-refractivity contribution in [2.45, 2.75) is 91.1 Å². The number of aryl methyl sites for hydroxylation is 2. The first kappa shape index (κ1) is 24.7. The van der Waals surface area contributed by atoms with Crippen molar-refractivity contribution in [1.29, 1.82) is 0 Å². The first-order valence-electron chi connectivity index (χ1n) is 13.1. The number of nitrogens with one attached hydrogen (secondary N) is 1. The lowest BCUT2D eigenvalue weighted by atomic mass is 9.92. The van der Waals surface area contributed by atoms with Gasteiger partial charge < -0.3 is 5.32 Å². The highest BCUT2D eigenvalue weighted by Crippen LogP contribution is 2.33. The number of aromatic nitrogens is 3. The number of anilines is 1. The van der Waals surface area contributed by atoms with Crippen LogP contribution in [0.1, 0.15) is 83.0 Å². The fraction of sp³-hybridized carbons (Fsp3) is 0.593. The van der Waals surface area contributed by atoms with Gasteiger partial charge in [0.2, 0.25) is 4.80 Å². The zero-order valence-electron chi connectivity index (χ0n) is 21.0. The molecule has 0 fully saturated rings. The van der Waals surface area contributed by atoms with Crippen LogP contribution in [0.3, 0.4) is 0 Å². The Bertz CT molecular complexity index is 1220. The van der Waals surface area contributed by atoms with Gasteiger partial charge in [-0.3, -0.25) is 14.5 Å². The summed E-state index contributed by atoms with van der Waals surface area (Å²) in [6, 6.07) is 8.69. The van der Waals surface area contributed by atoms with E-state index in [4.69, 9.17) is 9.98 Å². The molecule has 0 atom stereocenters. The molecule has 0 bridgehead atoms. The second-order valence-corrected chi connectivity index (χ2v) is 10.5. The largest absolute Gasteiger partial charge is 0.384 e. The van der Waals surface area contributed by atoms with Crippen molar-refractivity contribution in [3.63, 3.8) is 0 Å². The molecule has 0 radical (unpaired) electrons. The highest BCUT2D eigenvalue weighted by Gasteiger charge is 2.17. The fourth-order valence-corrected chi connectivity index (χ4v) is 5.88. The van der Waals surface area contributed by atoms with Crippen LogP contribution >= 0.6 is 11.5 Å². The fourth-order valence-electron chi connectivity index (χ4n) is 4.86. The Morgan fingerprint density at radius 2 is 1.85 bits per heavy atom. The zero-order valence-corrected chi connectivity index (χ0v) is 21.8. The lowest BCUT2D eigenvalue weighted by Crippen LogP contribution is -2.31. The molecule has 4 rings (SSSR count). The third kappa shape index (κ3) is 5.62. The molecule has 7 heteroatoms. The van der Waals surface area contributed by atoms with Crippen LogP contribution in [0.15, 0.2) is 34.1 Å². The quantitative estimate of drug-likeness (QED) is 0.357. The summed E-state index contributed by atoms with van der Waals surface area (Å²) < 4.78 is 3.61. The van der Waals surface area contributed by atoms with Gasteiger partial charge in [-0.15, -0.1) is 0 Å². The summed E-state index contributed by atoms with van der Waals surface area (Å²) in [5, 5.41) is 5.04. The topological polar surface area (TPSA) is 64.2 Å². The van der Waals surface area contributed by atoms with Gasteiger partial charge in [-0.25, -0.2) is 8.75 Å². The highest BCUT2D eigenvalue weighted by molar-refractivity contribution is 7.03. The number of hydrogen-bond acceptors (Lipinski definition) is 5. The molecule has 2 heterocycles. The van der Waals surface area contributed by atoms with E-state index < -0.39 is 0 Å². The molecule has 2 aromatic heterocycles.